The van der Waals surface area contributed by atoms with Crippen LogP contribution in [-0.2, 0) is 10.1 Å². The van der Waals surface area contributed by atoms with Crippen LogP contribution in [0.15, 0.2) is 0 Å². The molecule has 0 bridgehead atoms. The number of hydrogen-bond donors (Lipinski definition) is 0. The second kappa shape index (κ2) is 6.07. The Kier molecular flexibility index (Phi) is 8.53. The largest absolute Gasteiger partial charge is 1.00 e. The van der Waals surface area contributed by atoms with E-state index in [-0.39, 0.29) is 57.1 Å². The minimum atomic E-state index is -4.01. The Hall–Kier alpha value is 1.51. The van der Waals surface area contributed by atoms with Crippen LogP contribution in [0.1, 0.15) is 0 Å². The van der Waals surface area contributed by atoms with Crippen molar-refractivity contribution in [1.82, 2.24) is 4.90 Å². The number of nitrogens with zero attached hydrogens (tertiary/aromatic N) is 1. The number of rotatable bonds is 3. The van der Waals surface area contributed by atoms with Gasteiger partial charge in [0, 0.05) is 6.54 Å². The van der Waals surface area contributed by atoms with Gasteiger partial charge in [-0.05, 0) is 14.1 Å². The zero-order valence-corrected chi connectivity index (χ0v) is 10.4. The molecule has 0 rings (SSSR count). The Balaban J connectivity index is 0. The summed E-state index contributed by atoms with van der Waals surface area (Å²) < 4.78 is 29.9. The summed E-state index contributed by atoms with van der Waals surface area (Å²) in [5.74, 6) is -0.306. The first-order chi connectivity index (χ1) is 3.92. The van der Waals surface area contributed by atoms with E-state index in [4.69, 9.17) is 0 Å². The van der Waals surface area contributed by atoms with Gasteiger partial charge < -0.3 is 9.45 Å². The van der Waals surface area contributed by atoms with Crippen molar-refractivity contribution in [1.29, 1.82) is 0 Å². The van der Waals surface area contributed by atoms with Crippen LogP contribution in [0.3, 0.4) is 0 Å². The molecule has 0 aromatic carbocycles. The Morgan fingerprint density at radius 1 is 1.40 bits per heavy atom. The minimum absolute atomic E-state index is 0. The molecule has 0 spiro atoms. The van der Waals surface area contributed by atoms with Crippen LogP contribution in [0.25, 0.3) is 0 Å². The molecule has 0 saturated heterocycles. The molecule has 0 radical (unpaired) electrons. The minimum Gasteiger partial charge on any atom is -0.748 e. The summed E-state index contributed by atoms with van der Waals surface area (Å²) in [6.45, 7) is 0.297. The fraction of sp³-hybridized carbons (Fsp3) is 1.00. The third-order valence-electron chi connectivity index (χ3n) is 0.789. The van der Waals surface area contributed by atoms with E-state index >= 15 is 0 Å². The summed E-state index contributed by atoms with van der Waals surface area (Å²) >= 11 is 0. The van der Waals surface area contributed by atoms with E-state index in [1.54, 1.807) is 19.0 Å². The SMILES string of the molecule is CN(C)CCS(=O)(=O)[O-].[K+]. The van der Waals surface area contributed by atoms with Gasteiger partial charge in [0.25, 0.3) is 0 Å². The monoisotopic (exact) mass is 191 g/mol. The molecule has 0 aliphatic carbocycles. The van der Waals surface area contributed by atoms with Crippen molar-refractivity contribution in [2.75, 3.05) is 26.4 Å². The summed E-state index contributed by atoms with van der Waals surface area (Å²) in [5.41, 5.74) is 0. The standard InChI is InChI=1S/C4H11NO3S.K/c1-5(2)3-4-9(6,7)8;/h3-4H2,1-2H3,(H,6,7,8);/q;+1/p-1. The first-order valence-corrected chi connectivity index (χ1v) is 4.08. The predicted octanol–water partition coefficient (Wildman–Crippen LogP) is -3.90. The van der Waals surface area contributed by atoms with Gasteiger partial charge in [0.15, 0.2) is 0 Å². The molecule has 0 aliphatic heterocycles. The molecule has 0 atom stereocenters. The fourth-order valence-electron chi connectivity index (χ4n) is 0.294. The maximum Gasteiger partial charge on any atom is 1.00 e. The van der Waals surface area contributed by atoms with Crippen LogP contribution in [0.5, 0.6) is 0 Å². The van der Waals surface area contributed by atoms with Crippen molar-refractivity contribution < 1.29 is 64.4 Å². The molecular formula is C4H10KNO3S. The van der Waals surface area contributed by atoms with Gasteiger partial charge in [0.2, 0.25) is 0 Å². The van der Waals surface area contributed by atoms with Crippen molar-refractivity contribution in [3.63, 3.8) is 0 Å². The first-order valence-electron chi connectivity index (χ1n) is 2.50. The van der Waals surface area contributed by atoms with Crippen molar-refractivity contribution >= 4 is 10.1 Å². The van der Waals surface area contributed by atoms with Crippen molar-refractivity contribution in [2.45, 2.75) is 0 Å². The van der Waals surface area contributed by atoms with E-state index in [9.17, 15) is 13.0 Å². The maximum absolute atomic E-state index is 9.95. The van der Waals surface area contributed by atoms with Gasteiger partial charge in [-0.3, -0.25) is 0 Å². The summed E-state index contributed by atoms with van der Waals surface area (Å²) in [6, 6.07) is 0. The van der Waals surface area contributed by atoms with Crippen LogP contribution in [-0.4, -0.2) is 44.3 Å². The second-order valence-corrected chi connectivity index (χ2v) is 3.59. The zero-order valence-electron chi connectivity index (χ0n) is 6.49. The fourth-order valence-corrected chi connectivity index (χ4v) is 0.883. The third-order valence-corrected chi connectivity index (χ3v) is 1.47. The molecule has 0 heterocycles. The van der Waals surface area contributed by atoms with Crippen LogP contribution in [0, 0.1) is 0 Å². The average molecular weight is 191 g/mol. The predicted molar refractivity (Wildman–Crippen MR) is 33.1 cm³/mol. The summed E-state index contributed by atoms with van der Waals surface area (Å²) in [6.07, 6.45) is 0. The molecule has 0 aromatic rings. The Labute approximate surface area is 104 Å². The Bertz CT molecular complexity index is 165. The van der Waals surface area contributed by atoms with Gasteiger partial charge in [-0.25, -0.2) is 8.42 Å². The quantitative estimate of drug-likeness (QED) is 0.338. The Morgan fingerprint density at radius 3 is 1.90 bits per heavy atom. The van der Waals surface area contributed by atoms with Gasteiger partial charge >= 0.3 is 51.4 Å². The molecule has 0 unspecified atom stereocenters. The van der Waals surface area contributed by atoms with Crippen LogP contribution in [0.2, 0.25) is 0 Å². The molecule has 6 heteroatoms. The van der Waals surface area contributed by atoms with Crippen molar-refractivity contribution in [3.8, 4) is 0 Å². The maximum atomic E-state index is 9.95. The third kappa shape index (κ3) is 12.2. The van der Waals surface area contributed by atoms with E-state index in [2.05, 4.69) is 0 Å². The van der Waals surface area contributed by atoms with Gasteiger partial charge in [-0.2, -0.15) is 0 Å². The molecule has 0 aliphatic rings. The zero-order chi connectivity index (χ0) is 7.49. The summed E-state index contributed by atoms with van der Waals surface area (Å²) in [4.78, 5) is 1.65. The summed E-state index contributed by atoms with van der Waals surface area (Å²) in [7, 11) is -0.584. The molecule has 0 fully saturated rings. The number of hydrogen-bond acceptors (Lipinski definition) is 4. The van der Waals surface area contributed by atoms with Crippen molar-refractivity contribution in [3.05, 3.63) is 0 Å². The molecule has 10 heavy (non-hydrogen) atoms. The first kappa shape index (κ1) is 14.1. The molecule has 56 valence electrons. The second-order valence-electron chi connectivity index (χ2n) is 2.07. The van der Waals surface area contributed by atoms with Crippen molar-refractivity contribution in [2.24, 2.45) is 0 Å². The van der Waals surface area contributed by atoms with E-state index in [0.29, 0.717) is 6.54 Å². The van der Waals surface area contributed by atoms with Gasteiger partial charge in [0.05, 0.1) is 15.9 Å². The van der Waals surface area contributed by atoms with E-state index in [1.807, 2.05) is 0 Å². The molecule has 0 aromatic heterocycles. The molecule has 4 nitrogen and oxygen atoms in total. The van der Waals surface area contributed by atoms with Crippen LogP contribution < -0.4 is 51.4 Å². The van der Waals surface area contributed by atoms with Crippen LogP contribution >= 0.6 is 0 Å². The molecule has 0 amide bonds. The average Bonchev–Trinajstić information content (AvgIpc) is 1.59. The van der Waals surface area contributed by atoms with E-state index in [1.165, 1.54) is 0 Å². The van der Waals surface area contributed by atoms with Gasteiger partial charge in [-0.15, -0.1) is 0 Å². The van der Waals surface area contributed by atoms with E-state index in [0.717, 1.165) is 0 Å². The van der Waals surface area contributed by atoms with Gasteiger partial charge in [0.1, 0.15) is 0 Å². The topological polar surface area (TPSA) is 60.4 Å². The molecule has 0 saturated carbocycles. The Morgan fingerprint density at radius 2 is 1.80 bits per heavy atom. The summed E-state index contributed by atoms with van der Waals surface area (Å²) in [5, 5.41) is 0. The van der Waals surface area contributed by atoms with Crippen LogP contribution in [0.4, 0.5) is 0 Å². The molecule has 0 N–H and O–H groups in total. The normalized spacial score (nSPS) is 11.2. The van der Waals surface area contributed by atoms with E-state index < -0.39 is 10.1 Å². The smallest absolute Gasteiger partial charge is 0.748 e. The van der Waals surface area contributed by atoms with Gasteiger partial charge in [-0.1, -0.05) is 0 Å². The molecular weight excluding hydrogens is 181 g/mol.